The highest BCUT2D eigenvalue weighted by molar-refractivity contribution is 5.99. The molecule has 5 saturated carbocycles. The van der Waals surface area contributed by atoms with Crippen molar-refractivity contribution in [2.24, 2.45) is 23.7 Å². The first-order chi connectivity index (χ1) is 24.6. The van der Waals surface area contributed by atoms with Gasteiger partial charge in [0.1, 0.15) is 17.0 Å². The monoisotopic (exact) mass is 727 g/mol. The topological polar surface area (TPSA) is 108 Å². The molecule has 1 amide bonds. The molecule has 2 aliphatic heterocycles. The highest BCUT2D eigenvalue weighted by atomic mass is 19.3. The summed E-state index contributed by atoms with van der Waals surface area (Å²) in [5.74, 6) is -6.89. The van der Waals surface area contributed by atoms with Crippen molar-refractivity contribution in [3.63, 3.8) is 0 Å². The molecule has 9 nitrogen and oxygen atoms in total. The van der Waals surface area contributed by atoms with Gasteiger partial charge < -0.3 is 20.1 Å². The number of aliphatic carboxylic acids is 1. The van der Waals surface area contributed by atoms with Crippen LogP contribution in [0.4, 0.5) is 29.2 Å². The number of nitrogens with one attached hydrogen (secondary N) is 1. The van der Waals surface area contributed by atoms with Gasteiger partial charge in [-0.25, -0.2) is 23.5 Å². The second kappa shape index (κ2) is 12.6. The predicted octanol–water partition coefficient (Wildman–Crippen LogP) is 7.45. The molecule has 0 unspecified atom stereocenters. The Hall–Kier alpha value is -3.48. The first kappa shape index (κ1) is 35.5. The maximum absolute atomic E-state index is 15.4. The van der Waals surface area contributed by atoms with E-state index in [1.54, 1.807) is 0 Å². The number of amides is 1. The summed E-state index contributed by atoms with van der Waals surface area (Å²) in [6.07, 6.45) is 9.76. The summed E-state index contributed by atoms with van der Waals surface area (Å²) in [4.78, 5) is 39.3. The Morgan fingerprint density at radius 3 is 2.17 bits per heavy atom. The van der Waals surface area contributed by atoms with Crippen molar-refractivity contribution in [3.8, 4) is 5.75 Å². The summed E-state index contributed by atoms with van der Waals surface area (Å²) in [6, 6.07) is 5.96. The number of fused-ring (bicyclic) bond motifs is 1. The van der Waals surface area contributed by atoms with E-state index in [-0.39, 0.29) is 48.4 Å². The number of likely N-dealkylation sites (tertiary alicyclic amines) is 1. The van der Waals surface area contributed by atoms with Gasteiger partial charge >= 0.3 is 5.97 Å². The van der Waals surface area contributed by atoms with Crippen LogP contribution in [0.3, 0.4) is 0 Å². The lowest BCUT2D eigenvalue weighted by molar-refractivity contribution is -0.163. The number of carbonyl (C=O) groups excluding carboxylic acids is 1. The van der Waals surface area contributed by atoms with Crippen molar-refractivity contribution < 1.29 is 37.0 Å². The van der Waals surface area contributed by atoms with Crippen molar-refractivity contribution in [2.75, 3.05) is 24.5 Å². The summed E-state index contributed by atoms with van der Waals surface area (Å²) in [6.45, 7) is 5.00. The molecule has 3 heterocycles. The predicted molar refractivity (Wildman–Crippen MR) is 185 cm³/mol. The van der Waals surface area contributed by atoms with Crippen molar-refractivity contribution >= 4 is 23.5 Å². The Labute approximate surface area is 301 Å². The van der Waals surface area contributed by atoms with E-state index in [2.05, 4.69) is 29.1 Å². The smallest absolute Gasteiger partial charge is 0.330 e. The van der Waals surface area contributed by atoms with E-state index in [9.17, 15) is 23.5 Å². The molecule has 9 rings (SSSR count). The molecule has 5 aliphatic carbocycles. The average Bonchev–Trinajstić information content (AvgIpc) is 3.42. The maximum Gasteiger partial charge on any atom is 0.330 e. The fraction of sp³-hybridized carbons (Fsp3) is 0.692. The third-order valence-corrected chi connectivity index (χ3v) is 13.8. The van der Waals surface area contributed by atoms with E-state index in [1.807, 2.05) is 28.0 Å². The van der Waals surface area contributed by atoms with Gasteiger partial charge in [0, 0.05) is 36.8 Å². The Balaban J connectivity index is 1.04. The number of aromatic nitrogens is 2. The van der Waals surface area contributed by atoms with Gasteiger partial charge in [-0.3, -0.25) is 9.69 Å². The minimum absolute atomic E-state index is 0.0262. The zero-order valence-electron chi connectivity index (χ0n) is 30.1. The zero-order chi connectivity index (χ0) is 36.8. The Morgan fingerprint density at radius 1 is 0.981 bits per heavy atom. The summed E-state index contributed by atoms with van der Waals surface area (Å²) in [7, 11) is 0. The van der Waals surface area contributed by atoms with E-state index in [0.29, 0.717) is 56.7 Å². The second-order valence-corrected chi connectivity index (χ2v) is 16.8. The molecule has 0 radical (unpaired) electrons. The maximum atomic E-state index is 15.4. The molecule has 1 saturated heterocycles. The van der Waals surface area contributed by atoms with Gasteiger partial charge in [-0.05, 0) is 118 Å². The molecule has 52 heavy (non-hydrogen) atoms. The number of nitrogens with zero attached hydrogens (tertiary/aromatic N) is 4. The van der Waals surface area contributed by atoms with E-state index in [4.69, 9.17) is 4.74 Å². The molecule has 7 aliphatic rings. The number of benzene rings is 1. The number of anilines is 2. The van der Waals surface area contributed by atoms with E-state index >= 15 is 8.78 Å². The van der Waals surface area contributed by atoms with Gasteiger partial charge in [0.05, 0.1) is 24.8 Å². The molecule has 4 bridgehead atoms. The largest absolute Gasteiger partial charge is 0.490 e. The van der Waals surface area contributed by atoms with Gasteiger partial charge in [-0.1, -0.05) is 13.8 Å². The lowest BCUT2D eigenvalue weighted by Gasteiger charge is -2.59. The van der Waals surface area contributed by atoms with Crippen LogP contribution < -0.4 is 15.0 Å². The van der Waals surface area contributed by atoms with Crippen molar-refractivity contribution in [3.05, 3.63) is 41.2 Å². The highest BCUT2D eigenvalue weighted by Crippen LogP contribution is 2.58. The first-order valence-electron chi connectivity index (χ1n) is 19.2. The number of ether oxygens (including phenoxy) is 1. The van der Waals surface area contributed by atoms with Gasteiger partial charge in [-0.15, -0.1) is 0 Å². The van der Waals surface area contributed by atoms with Crippen LogP contribution in [0.5, 0.6) is 5.75 Å². The molecular formula is C39H49F4N5O4. The number of hydrogen-bond donors (Lipinski definition) is 2. The molecule has 2 aromatic rings. The van der Waals surface area contributed by atoms with Crippen LogP contribution in [0, 0.1) is 23.7 Å². The van der Waals surface area contributed by atoms with Crippen molar-refractivity contribution in [2.45, 2.75) is 126 Å². The molecule has 6 fully saturated rings. The van der Waals surface area contributed by atoms with Crippen LogP contribution in [0.1, 0.15) is 113 Å². The fourth-order valence-electron chi connectivity index (χ4n) is 11.1. The summed E-state index contributed by atoms with van der Waals surface area (Å²) in [5.41, 5.74) is -1.19. The van der Waals surface area contributed by atoms with Gasteiger partial charge in [0.2, 0.25) is 5.95 Å². The number of halogens is 4. The molecule has 2 N–H and O–H groups in total. The number of carboxylic acid groups (broad SMARTS) is 1. The number of hydrogen-bond acceptors (Lipinski definition) is 7. The fourth-order valence-corrected chi connectivity index (χ4v) is 11.1. The molecule has 1 aromatic heterocycles. The third-order valence-electron chi connectivity index (χ3n) is 13.8. The van der Waals surface area contributed by atoms with Crippen LogP contribution in [-0.2, 0) is 16.1 Å². The van der Waals surface area contributed by atoms with Gasteiger partial charge in [-0.2, -0.15) is 8.78 Å². The quantitative estimate of drug-likeness (QED) is 0.243. The normalized spacial score (nSPS) is 33.0. The van der Waals surface area contributed by atoms with Gasteiger partial charge in [0.25, 0.3) is 17.8 Å². The lowest BCUT2D eigenvalue weighted by Crippen LogP contribution is -2.70. The standard InChI is InChI=1S/C39H49F4N5O4/c1-4-37(5-2)19-48(31-11-10-28(17-30(31)37)52-27-8-6-26(7-9-27)47-20-38(42,43)21-47)35-44-18-29(32(45-35)36(3,40)41)33(49)46-39(34(50)51)24-13-22-12-23(15-24)16-25(39)14-22/h10-11,17-18,22-27H,4-9,12-16,19-21H2,1-3H3,(H,46,49)(H,50,51). The molecule has 282 valence electrons. The SMILES string of the molecule is CCC1(CC)CN(c2ncc(C(=O)NC3(C(=O)O)C4CC5CC(C4)CC3C5)c(C(C)(F)F)n2)c2ccc(OC3CCC(N4CC(F)(F)C4)CC3)cc21. The third kappa shape index (κ3) is 5.84. The number of alkyl halides is 4. The molecule has 0 spiro atoms. The Morgan fingerprint density at radius 2 is 1.62 bits per heavy atom. The molecule has 1 aromatic carbocycles. The lowest BCUT2D eigenvalue weighted by atomic mass is 9.48. The van der Waals surface area contributed by atoms with Crippen molar-refractivity contribution in [1.82, 2.24) is 20.2 Å². The van der Waals surface area contributed by atoms with Crippen LogP contribution in [0.2, 0.25) is 0 Å². The highest BCUT2D eigenvalue weighted by Gasteiger charge is 2.62. The summed E-state index contributed by atoms with van der Waals surface area (Å²) in [5, 5.41) is 13.3. The van der Waals surface area contributed by atoms with E-state index < -0.39 is 40.5 Å². The van der Waals surface area contributed by atoms with Gasteiger partial charge in [0.15, 0.2) is 0 Å². The molecular weight excluding hydrogens is 678 g/mol. The van der Waals surface area contributed by atoms with E-state index in [0.717, 1.165) is 62.4 Å². The van der Waals surface area contributed by atoms with Crippen LogP contribution >= 0.6 is 0 Å². The Kier molecular flexibility index (Phi) is 8.58. The second-order valence-electron chi connectivity index (χ2n) is 16.8. The van der Waals surface area contributed by atoms with Crippen molar-refractivity contribution in [1.29, 1.82) is 0 Å². The minimum atomic E-state index is -3.51. The summed E-state index contributed by atoms with van der Waals surface area (Å²) >= 11 is 0. The number of carbonyl (C=O) groups is 2. The summed E-state index contributed by atoms with van der Waals surface area (Å²) < 4.78 is 64.1. The van der Waals surface area contributed by atoms with Crippen LogP contribution in [0.25, 0.3) is 0 Å². The van der Waals surface area contributed by atoms with E-state index in [1.165, 1.54) is 0 Å². The first-order valence-corrected chi connectivity index (χ1v) is 19.2. The molecule has 0 atom stereocenters. The Bertz CT molecular complexity index is 1700. The number of rotatable bonds is 10. The van der Waals surface area contributed by atoms with Crippen LogP contribution in [-0.4, -0.2) is 75.1 Å². The zero-order valence-corrected chi connectivity index (χ0v) is 30.1. The number of carboxylic acids is 1. The minimum Gasteiger partial charge on any atom is -0.490 e. The molecule has 13 heteroatoms. The van der Waals surface area contributed by atoms with Crippen LogP contribution in [0.15, 0.2) is 24.4 Å². The average molecular weight is 728 g/mol.